The molecule has 8 nitrogen and oxygen atoms in total. The molecule has 0 spiro atoms. The molecule has 11 heteroatoms. The third-order valence-electron chi connectivity index (χ3n) is 5.09. The van der Waals surface area contributed by atoms with Crippen LogP contribution in [0.3, 0.4) is 0 Å². The summed E-state index contributed by atoms with van der Waals surface area (Å²) in [6.07, 6.45) is 1.69. The molecule has 0 aliphatic heterocycles. The van der Waals surface area contributed by atoms with Gasteiger partial charge < -0.3 is 15.0 Å². The molecule has 2 amide bonds. The molecule has 1 atom stereocenters. The second-order valence-electron chi connectivity index (χ2n) is 7.70. The summed E-state index contributed by atoms with van der Waals surface area (Å²) in [6.45, 7) is 3.31. The summed E-state index contributed by atoms with van der Waals surface area (Å²) in [5, 5.41) is 2.92. The van der Waals surface area contributed by atoms with Crippen molar-refractivity contribution in [1.29, 1.82) is 0 Å². The Hall–Kier alpha value is -2.85. The topological polar surface area (TPSA) is 96.0 Å². The van der Waals surface area contributed by atoms with Crippen molar-refractivity contribution in [2.45, 2.75) is 32.9 Å². The van der Waals surface area contributed by atoms with Crippen molar-refractivity contribution in [1.82, 2.24) is 10.2 Å². The van der Waals surface area contributed by atoms with Gasteiger partial charge in [-0.05, 0) is 49.2 Å². The van der Waals surface area contributed by atoms with Crippen molar-refractivity contribution in [3.05, 3.63) is 58.9 Å². The number of carbonyl (C=O) groups is 2. The highest BCUT2D eigenvalue weighted by Gasteiger charge is 2.30. The van der Waals surface area contributed by atoms with Gasteiger partial charge >= 0.3 is 0 Å². The number of nitrogens with zero attached hydrogens (tertiary/aromatic N) is 2. The first-order chi connectivity index (χ1) is 16.0. The number of rotatable bonds is 11. The molecule has 186 valence electrons. The van der Waals surface area contributed by atoms with Crippen LogP contribution >= 0.6 is 11.6 Å². The molecule has 34 heavy (non-hydrogen) atoms. The van der Waals surface area contributed by atoms with Gasteiger partial charge in [-0.25, -0.2) is 12.8 Å². The second-order valence-corrected chi connectivity index (χ2v) is 10.0. The van der Waals surface area contributed by atoms with Crippen LogP contribution in [0, 0.1) is 5.82 Å². The molecule has 0 fully saturated rings. The number of ether oxygens (including phenoxy) is 1. The summed E-state index contributed by atoms with van der Waals surface area (Å²) in [7, 11) is -2.46. The van der Waals surface area contributed by atoms with E-state index < -0.39 is 34.3 Å². The van der Waals surface area contributed by atoms with Gasteiger partial charge in [-0.15, -0.1) is 0 Å². The molecule has 2 aromatic rings. The normalized spacial score (nSPS) is 12.1. The lowest BCUT2D eigenvalue weighted by molar-refractivity contribution is -0.139. The Morgan fingerprint density at radius 3 is 2.35 bits per heavy atom. The fourth-order valence-electron chi connectivity index (χ4n) is 3.19. The van der Waals surface area contributed by atoms with E-state index in [1.54, 1.807) is 6.92 Å². The Balaban J connectivity index is 2.38. The molecular formula is C23H29ClFN3O5S. The van der Waals surface area contributed by atoms with Crippen LogP contribution in [0.5, 0.6) is 5.75 Å². The average molecular weight is 514 g/mol. The minimum Gasteiger partial charge on any atom is -0.495 e. The van der Waals surface area contributed by atoms with Gasteiger partial charge in [-0.3, -0.25) is 13.9 Å². The number of sulfonamides is 1. The summed E-state index contributed by atoms with van der Waals surface area (Å²) in [4.78, 5) is 27.3. The van der Waals surface area contributed by atoms with Crippen molar-refractivity contribution < 1.29 is 27.1 Å². The number of hydrogen-bond donors (Lipinski definition) is 1. The van der Waals surface area contributed by atoms with Crippen LogP contribution in [-0.4, -0.2) is 57.6 Å². The molecule has 0 unspecified atom stereocenters. The lowest BCUT2D eigenvalue weighted by atomic mass is 10.1. The number of anilines is 1. The predicted molar refractivity (Wildman–Crippen MR) is 130 cm³/mol. The zero-order valence-electron chi connectivity index (χ0n) is 19.5. The van der Waals surface area contributed by atoms with Gasteiger partial charge in [-0.2, -0.15) is 0 Å². The highest BCUT2D eigenvalue weighted by Crippen LogP contribution is 2.30. The first-order valence-electron chi connectivity index (χ1n) is 10.6. The largest absolute Gasteiger partial charge is 0.495 e. The highest BCUT2D eigenvalue weighted by atomic mass is 35.5. The molecule has 1 N–H and O–H groups in total. The number of methoxy groups -OCH3 is 1. The predicted octanol–water partition coefficient (Wildman–Crippen LogP) is 3.20. The summed E-state index contributed by atoms with van der Waals surface area (Å²) in [6, 6.07) is 8.97. The van der Waals surface area contributed by atoms with E-state index in [4.69, 9.17) is 16.3 Å². The van der Waals surface area contributed by atoms with E-state index in [9.17, 15) is 22.4 Å². The van der Waals surface area contributed by atoms with Crippen molar-refractivity contribution in [2.75, 3.05) is 30.8 Å². The van der Waals surface area contributed by atoms with Gasteiger partial charge in [0.05, 0.1) is 24.1 Å². The molecule has 0 aromatic heterocycles. The fourth-order valence-corrected chi connectivity index (χ4v) is 4.28. The van der Waals surface area contributed by atoms with Crippen molar-refractivity contribution in [2.24, 2.45) is 0 Å². The van der Waals surface area contributed by atoms with Crippen LogP contribution < -0.4 is 14.4 Å². The summed E-state index contributed by atoms with van der Waals surface area (Å²) in [5.74, 6) is -1.07. The second kappa shape index (κ2) is 12.0. The SMILES string of the molecule is CCCNC(=O)[C@@H](C)N(Cc1ccc(F)cc1)C(=O)CN(c1ccc(OC)c(Cl)c1)S(C)(=O)=O. The zero-order valence-corrected chi connectivity index (χ0v) is 21.1. The van der Waals surface area contributed by atoms with E-state index in [0.29, 0.717) is 24.3 Å². The summed E-state index contributed by atoms with van der Waals surface area (Å²) in [5.41, 5.74) is 0.759. The number of carbonyl (C=O) groups excluding carboxylic acids is 2. The standard InChI is InChI=1S/C23H29ClFN3O5S/c1-5-12-26-23(30)16(2)27(14-17-6-8-18(25)9-7-17)22(29)15-28(34(4,31)32)19-10-11-21(33-3)20(24)13-19/h6-11,13,16H,5,12,14-15H2,1-4H3,(H,26,30)/t16-/m1/s1. The molecule has 2 aromatic carbocycles. The van der Waals surface area contributed by atoms with Crippen LogP contribution in [0.1, 0.15) is 25.8 Å². The average Bonchev–Trinajstić information content (AvgIpc) is 2.79. The number of hydrogen-bond acceptors (Lipinski definition) is 5. The Morgan fingerprint density at radius 1 is 1.18 bits per heavy atom. The summed E-state index contributed by atoms with van der Waals surface area (Å²) < 4.78 is 44.5. The van der Waals surface area contributed by atoms with Gasteiger partial charge in [0.2, 0.25) is 21.8 Å². The minimum absolute atomic E-state index is 0.0131. The van der Waals surface area contributed by atoms with E-state index in [0.717, 1.165) is 10.6 Å². The Kier molecular flexibility index (Phi) is 9.69. The van der Waals surface area contributed by atoms with Gasteiger partial charge in [0.15, 0.2) is 0 Å². The van der Waals surface area contributed by atoms with Crippen LogP contribution in [0.15, 0.2) is 42.5 Å². The third kappa shape index (κ3) is 7.33. The molecule has 0 aliphatic rings. The van der Waals surface area contributed by atoms with Crippen LogP contribution in [0.2, 0.25) is 5.02 Å². The number of halogens is 2. The Morgan fingerprint density at radius 2 is 1.82 bits per heavy atom. The smallest absolute Gasteiger partial charge is 0.244 e. The molecule has 0 aliphatic carbocycles. The molecule has 0 bridgehead atoms. The Labute approximate surface area is 204 Å². The van der Waals surface area contributed by atoms with Crippen molar-refractivity contribution in [3.63, 3.8) is 0 Å². The van der Waals surface area contributed by atoms with Gasteiger partial charge in [0, 0.05) is 13.1 Å². The maximum absolute atomic E-state index is 13.4. The maximum Gasteiger partial charge on any atom is 0.244 e. The highest BCUT2D eigenvalue weighted by molar-refractivity contribution is 7.92. The first-order valence-corrected chi connectivity index (χ1v) is 12.8. The fraction of sp³-hybridized carbons (Fsp3) is 0.391. The minimum atomic E-state index is -3.89. The van der Waals surface area contributed by atoms with Crippen LogP contribution in [0.4, 0.5) is 10.1 Å². The van der Waals surface area contributed by atoms with E-state index >= 15 is 0 Å². The number of nitrogens with one attached hydrogen (secondary N) is 1. The van der Waals surface area contributed by atoms with Gasteiger partial charge in [-0.1, -0.05) is 30.7 Å². The van der Waals surface area contributed by atoms with Gasteiger partial charge in [0.1, 0.15) is 24.2 Å². The molecular weight excluding hydrogens is 485 g/mol. The van der Waals surface area contributed by atoms with E-state index in [2.05, 4.69) is 5.32 Å². The molecule has 0 heterocycles. The van der Waals surface area contributed by atoms with E-state index in [-0.39, 0.29) is 23.2 Å². The lowest BCUT2D eigenvalue weighted by Gasteiger charge is -2.31. The molecule has 0 saturated carbocycles. The van der Waals surface area contributed by atoms with Gasteiger partial charge in [0.25, 0.3) is 0 Å². The molecule has 2 rings (SSSR count). The Bertz CT molecular complexity index is 1110. The van der Waals surface area contributed by atoms with Crippen LogP contribution in [0.25, 0.3) is 0 Å². The molecule has 0 radical (unpaired) electrons. The van der Waals surface area contributed by atoms with E-state index in [1.807, 2.05) is 6.92 Å². The van der Waals surface area contributed by atoms with Crippen molar-refractivity contribution in [3.8, 4) is 5.75 Å². The van der Waals surface area contributed by atoms with Crippen molar-refractivity contribution >= 4 is 39.1 Å². The molecule has 0 saturated heterocycles. The first kappa shape index (κ1) is 27.4. The number of amides is 2. The van der Waals surface area contributed by atoms with E-state index in [1.165, 1.54) is 54.5 Å². The lowest BCUT2D eigenvalue weighted by Crippen LogP contribution is -2.51. The monoisotopic (exact) mass is 513 g/mol. The van der Waals surface area contributed by atoms with Crippen LogP contribution in [-0.2, 0) is 26.2 Å². The summed E-state index contributed by atoms with van der Waals surface area (Å²) >= 11 is 6.16. The quantitative estimate of drug-likeness (QED) is 0.498. The maximum atomic E-state index is 13.4. The zero-order chi connectivity index (χ0) is 25.5. The third-order valence-corrected chi connectivity index (χ3v) is 6.52. The number of benzene rings is 2.